The second-order valence-corrected chi connectivity index (χ2v) is 7.26. The third kappa shape index (κ3) is 3.52. The number of aromatic nitrogens is 1. The molecule has 0 fully saturated rings. The van der Waals surface area contributed by atoms with Crippen molar-refractivity contribution in [1.82, 2.24) is 9.88 Å². The Morgan fingerprint density at radius 1 is 1.03 bits per heavy atom. The molecule has 1 N–H and O–H groups in total. The summed E-state index contributed by atoms with van der Waals surface area (Å²) in [5.74, 6) is -6.54. The average Bonchev–Trinajstić information content (AvgIpc) is 2.72. The summed E-state index contributed by atoms with van der Waals surface area (Å²) in [6, 6.07) is 1.58. The van der Waals surface area contributed by atoms with E-state index in [1.807, 2.05) is 0 Å². The predicted molar refractivity (Wildman–Crippen MR) is 100 cm³/mol. The van der Waals surface area contributed by atoms with E-state index >= 15 is 0 Å². The van der Waals surface area contributed by atoms with E-state index in [0.717, 1.165) is 17.0 Å². The van der Waals surface area contributed by atoms with Gasteiger partial charge in [-0.3, -0.25) is 9.59 Å². The van der Waals surface area contributed by atoms with E-state index in [-0.39, 0.29) is 35.2 Å². The Kier molecular flexibility index (Phi) is 5.45. The first kappa shape index (κ1) is 21.9. The first-order chi connectivity index (χ1) is 15.1. The number of fused-ring (bicyclic) bond motifs is 3. The van der Waals surface area contributed by atoms with Gasteiger partial charge >= 0.3 is 0 Å². The van der Waals surface area contributed by atoms with Crippen molar-refractivity contribution >= 4 is 16.7 Å². The number of ether oxygens (including phenoxy) is 1. The van der Waals surface area contributed by atoms with Gasteiger partial charge in [0.25, 0.3) is 17.9 Å². The molecule has 0 bridgehead atoms. The molecule has 2 heterocycles. The summed E-state index contributed by atoms with van der Waals surface area (Å²) >= 11 is 0. The largest absolute Gasteiger partial charge is 0.373 e. The van der Waals surface area contributed by atoms with E-state index in [0.29, 0.717) is 12.1 Å². The van der Waals surface area contributed by atoms with Crippen LogP contribution in [0.2, 0.25) is 0 Å². The van der Waals surface area contributed by atoms with Crippen molar-refractivity contribution in [2.24, 2.45) is 0 Å². The number of alkyl halides is 2. The quantitative estimate of drug-likeness (QED) is 0.596. The van der Waals surface area contributed by atoms with E-state index in [4.69, 9.17) is 4.74 Å². The van der Waals surface area contributed by atoms with Gasteiger partial charge in [-0.05, 0) is 29.7 Å². The zero-order valence-electron chi connectivity index (χ0n) is 16.3. The highest BCUT2D eigenvalue weighted by Gasteiger charge is 2.32. The van der Waals surface area contributed by atoms with E-state index in [1.165, 1.54) is 7.05 Å². The van der Waals surface area contributed by atoms with Crippen molar-refractivity contribution in [3.8, 4) is 0 Å². The lowest BCUT2D eigenvalue weighted by molar-refractivity contribution is 0.0335. The molecular weight excluding hydrogens is 442 g/mol. The summed E-state index contributed by atoms with van der Waals surface area (Å²) in [7, 11) is 1.26. The number of nitrogens with zero attached hydrogens (tertiary/aromatic N) is 1. The van der Waals surface area contributed by atoms with Crippen molar-refractivity contribution in [2.45, 2.75) is 19.1 Å². The SMILES string of the molecule is CN(C(=O)c1cc(F)c(C(F)F)c(F)c1)[C@@H]1COCc2[nH]c(=O)c3cc(F)c(F)cc3c21. The number of rotatable bonds is 3. The topological polar surface area (TPSA) is 62.4 Å². The normalized spacial score (nSPS) is 15.8. The molecule has 0 radical (unpaired) electrons. The van der Waals surface area contributed by atoms with Crippen LogP contribution in [0.4, 0.5) is 26.3 Å². The Balaban J connectivity index is 1.81. The highest BCUT2D eigenvalue weighted by atomic mass is 19.3. The molecule has 11 heteroatoms. The van der Waals surface area contributed by atoms with E-state index in [9.17, 15) is 35.9 Å². The summed E-state index contributed by atoms with van der Waals surface area (Å²) in [6.07, 6.45) is -3.41. The smallest absolute Gasteiger partial charge is 0.269 e. The number of carbonyl (C=O) groups is 1. The Morgan fingerprint density at radius 2 is 1.62 bits per heavy atom. The van der Waals surface area contributed by atoms with Crippen molar-refractivity contribution in [2.75, 3.05) is 13.7 Å². The molecule has 0 unspecified atom stereocenters. The Morgan fingerprint density at radius 3 is 2.22 bits per heavy atom. The fourth-order valence-electron chi connectivity index (χ4n) is 3.81. The van der Waals surface area contributed by atoms with Gasteiger partial charge in [0.2, 0.25) is 0 Å². The van der Waals surface area contributed by atoms with Crippen LogP contribution in [0.25, 0.3) is 10.8 Å². The van der Waals surface area contributed by atoms with E-state index in [2.05, 4.69) is 4.98 Å². The van der Waals surface area contributed by atoms with Crippen LogP contribution in [-0.4, -0.2) is 29.4 Å². The molecule has 5 nitrogen and oxygen atoms in total. The molecule has 2 aromatic carbocycles. The summed E-state index contributed by atoms with van der Waals surface area (Å²) in [4.78, 5) is 28.7. The summed E-state index contributed by atoms with van der Waals surface area (Å²) in [5.41, 5.74) is -2.19. The molecule has 1 aliphatic heterocycles. The summed E-state index contributed by atoms with van der Waals surface area (Å²) in [6.45, 7) is -0.208. The first-order valence-corrected chi connectivity index (χ1v) is 9.26. The maximum absolute atomic E-state index is 14.0. The summed E-state index contributed by atoms with van der Waals surface area (Å²) < 4.78 is 86.6. The molecule has 0 saturated carbocycles. The van der Waals surface area contributed by atoms with Crippen molar-refractivity contribution in [1.29, 1.82) is 0 Å². The number of H-pyrrole nitrogens is 1. The maximum atomic E-state index is 14.0. The van der Waals surface area contributed by atoms with Crippen LogP contribution in [0, 0.1) is 23.3 Å². The molecule has 1 atom stereocenters. The number of likely N-dealkylation sites (N-methyl/N-ethyl adjacent to an activating group) is 1. The number of hydrogen-bond donors (Lipinski definition) is 1. The van der Waals surface area contributed by atoms with Crippen LogP contribution in [0.15, 0.2) is 29.1 Å². The number of carbonyl (C=O) groups excluding carboxylic acids is 1. The molecule has 3 aromatic rings. The molecule has 1 aliphatic rings. The minimum absolute atomic E-state index is 0.0426. The molecule has 0 aliphatic carbocycles. The average molecular weight is 456 g/mol. The summed E-state index contributed by atoms with van der Waals surface area (Å²) in [5, 5.41) is -0.116. The van der Waals surface area contributed by atoms with Gasteiger partial charge in [-0.2, -0.15) is 0 Å². The van der Waals surface area contributed by atoms with Gasteiger partial charge in [0.1, 0.15) is 11.6 Å². The van der Waals surface area contributed by atoms with Crippen LogP contribution in [0.1, 0.15) is 39.6 Å². The second-order valence-electron chi connectivity index (χ2n) is 7.26. The van der Waals surface area contributed by atoms with E-state index in [1.54, 1.807) is 0 Å². The van der Waals surface area contributed by atoms with Crippen LogP contribution >= 0.6 is 0 Å². The van der Waals surface area contributed by atoms with Crippen molar-refractivity contribution < 1.29 is 35.9 Å². The van der Waals surface area contributed by atoms with Gasteiger partial charge in [0.05, 0.1) is 30.2 Å². The standard InChI is InChI=1S/C21H14F6N2O3/c1-29(21(31)8-2-13(24)18(19(26)27)14(25)3-8)16-7-32-6-15-17(16)9-4-11(22)12(23)5-10(9)20(30)28-15/h2-5,16,19H,6-7H2,1H3,(H,28,30)/t16-/m1/s1. The molecule has 0 spiro atoms. The second kappa shape index (κ2) is 7.97. The third-order valence-electron chi connectivity index (χ3n) is 5.37. The van der Waals surface area contributed by atoms with Gasteiger partial charge in [-0.1, -0.05) is 0 Å². The van der Waals surface area contributed by atoms with Crippen LogP contribution in [-0.2, 0) is 11.3 Å². The fourth-order valence-corrected chi connectivity index (χ4v) is 3.81. The molecule has 1 aromatic heterocycles. The molecule has 4 rings (SSSR count). The molecular formula is C21H14F6N2O3. The lowest BCUT2D eigenvalue weighted by Gasteiger charge is -2.34. The lowest BCUT2D eigenvalue weighted by Crippen LogP contribution is -2.37. The van der Waals surface area contributed by atoms with Crippen LogP contribution in [0.5, 0.6) is 0 Å². The predicted octanol–water partition coefficient (Wildman–Crippen LogP) is 4.37. The zero-order valence-corrected chi connectivity index (χ0v) is 16.3. The minimum Gasteiger partial charge on any atom is -0.373 e. The Hall–Kier alpha value is -3.34. The van der Waals surface area contributed by atoms with Gasteiger partial charge in [-0.25, -0.2) is 26.3 Å². The highest BCUT2D eigenvalue weighted by molar-refractivity contribution is 5.95. The number of halogens is 6. The first-order valence-electron chi connectivity index (χ1n) is 9.26. The van der Waals surface area contributed by atoms with Gasteiger partial charge in [0.15, 0.2) is 11.6 Å². The molecule has 32 heavy (non-hydrogen) atoms. The van der Waals surface area contributed by atoms with Crippen molar-refractivity contribution in [3.63, 3.8) is 0 Å². The Bertz CT molecular complexity index is 1280. The lowest BCUT2D eigenvalue weighted by atomic mass is 9.95. The number of amides is 1. The van der Waals surface area contributed by atoms with Crippen molar-refractivity contribution in [3.05, 3.63) is 80.3 Å². The van der Waals surface area contributed by atoms with Gasteiger partial charge < -0.3 is 14.6 Å². The van der Waals surface area contributed by atoms with Gasteiger partial charge in [0, 0.05) is 23.9 Å². The third-order valence-corrected chi connectivity index (χ3v) is 5.37. The molecule has 168 valence electrons. The Labute approximate surface area is 176 Å². The number of aromatic amines is 1. The fraction of sp³-hybridized carbons (Fsp3) is 0.238. The molecule has 1 amide bonds. The van der Waals surface area contributed by atoms with Gasteiger partial charge in [-0.15, -0.1) is 0 Å². The van der Waals surface area contributed by atoms with Crippen LogP contribution < -0.4 is 5.56 Å². The van der Waals surface area contributed by atoms with E-state index < -0.39 is 58.3 Å². The minimum atomic E-state index is -3.41. The number of benzene rings is 2. The zero-order chi connectivity index (χ0) is 23.3. The number of hydrogen-bond acceptors (Lipinski definition) is 3. The number of pyridine rings is 1. The van der Waals surface area contributed by atoms with Crippen LogP contribution in [0.3, 0.4) is 0 Å². The molecule has 0 saturated heterocycles. The number of nitrogens with one attached hydrogen (secondary N) is 1. The maximum Gasteiger partial charge on any atom is 0.269 e. The highest BCUT2D eigenvalue weighted by Crippen LogP contribution is 2.35. The monoisotopic (exact) mass is 456 g/mol.